The molecule has 0 saturated carbocycles. The van der Waals surface area contributed by atoms with Crippen molar-refractivity contribution in [2.24, 2.45) is 0 Å². The van der Waals surface area contributed by atoms with Gasteiger partial charge in [-0.2, -0.15) is 0 Å². The zero-order valence-corrected chi connectivity index (χ0v) is 20.1. The molecular weight excluding hydrogens is 452 g/mol. The van der Waals surface area contributed by atoms with E-state index in [-0.39, 0.29) is 18.1 Å². The van der Waals surface area contributed by atoms with E-state index >= 15 is 0 Å². The van der Waals surface area contributed by atoms with Crippen molar-refractivity contribution in [2.45, 2.75) is 59.2 Å². The lowest BCUT2D eigenvalue weighted by Gasteiger charge is -2.33. The van der Waals surface area contributed by atoms with Crippen molar-refractivity contribution in [3.05, 3.63) is 22.8 Å². The second-order valence-electron chi connectivity index (χ2n) is 7.82. The Kier molecular flexibility index (Phi) is 8.25. The highest BCUT2D eigenvalue weighted by molar-refractivity contribution is 9.10. The van der Waals surface area contributed by atoms with Crippen LogP contribution in [0.15, 0.2) is 22.8 Å². The molecule has 166 valence electrons. The lowest BCUT2D eigenvalue weighted by atomic mass is 10.1. The first-order chi connectivity index (χ1) is 14.1. The van der Waals surface area contributed by atoms with Gasteiger partial charge in [0, 0.05) is 50.6 Å². The molecule has 0 aliphatic carbocycles. The van der Waals surface area contributed by atoms with Gasteiger partial charge in [0.25, 0.3) is 0 Å². The first-order valence-electron chi connectivity index (χ1n) is 10.2. The number of aromatic nitrogens is 2. The third-order valence-electron chi connectivity index (χ3n) is 4.30. The second kappa shape index (κ2) is 10.3. The van der Waals surface area contributed by atoms with Crippen LogP contribution in [0.5, 0.6) is 5.75 Å². The monoisotopic (exact) mass is 482 g/mol. The molecule has 2 heterocycles. The van der Waals surface area contributed by atoms with Crippen molar-refractivity contribution < 1.29 is 19.5 Å². The van der Waals surface area contributed by atoms with Gasteiger partial charge in [-0.3, -0.25) is 5.21 Å². The molecule has 8 nitrogen and oxygen atoms in total. The lowest BCUT2D eigenvalue weighted by molar-refractivity contribution is 0.0126. The summed E-state index contributed by atoms with van der Waals surface area (Å²) in [6, 6.07) is 3.72. The van der Waals surface area contributed by atoms with Crippen LogP contribution in [-0.4, -0.2) is 58.0 Å². The Bertz CT molecular complexity index is 862. The van der Waals surface area contributed by atoms with E-state index in [1.807, 2.05) is 46.8 Å². The molecule has 30 heavy (non-hydrogen) atoms. The Morgan fingerprint density at radius 1 is 1.27 bits per heavy atom. The predicted octanol–water partition coefficient (Wildman–Crippen LogP) is 5.02. The molecule has 1 N–H and O–H groups in total. The zero-order valence-electron chi connectivity index (χ0n) is 18.5. The van der Waals surface area contributed by atoms with Crippen molar-refractivity contribution in [2.75, 3.05) is 25.2 Å². The normalized spacial score (nSPS) is 14.7. The minimum atomic E-state index is -0.496. The Hall–Kier alpha value is -2.13. The fourth-order valence-corrected chi connectivity index (χ4v) is 3.39. The molecule has 0 bridgehead atoms. The van der Waals surface area contributed by atoms with Crippen LogP contribution in [0.2, 0.25) is 0 Å². The standard InChI is InChI=1S/C19H25BrN4O4.C2H6/c1-19(2,3)28-18(25)24-7-5-13(6-8-24)27-16-10-15-12(9-14(16)20)11-21-17(22-15)23(4)26;1-2/h9-11,13,26H,5-8H2,1-4H3;1-2H3. The third-order valence-corrected chi connectivity index (χ3v) is 4.92. The predicted molar refractivity (Wildman–Crippen MR) is 120 cm³/mol. The molecule has 1 aliphatic heterocycles. The van der Waals surface area contributed by atoms with Crippen LogP contribution in [0.25, 0.3) is 10.9 Å². The highest BCUT2D eigenvalue weighted by Crippen LogP contribution is 2.32. The van der Waals surface area contributed by atoms with Gasteiger partial charge < -0.3 is 14.4 Å². The number of hydroxylamine groups is 1. The largest absolute Gasteiger partial charge is 0.489 e. The van der Waals surface area contributed by atoms with Gasteiger partial charge in [-0.25, -0.2) is 19.8 Å². The summed E-state index contributed by atoms with van der Waals surface area (Å²) < 4.78 is 12.4. The SMILES string of the molecule is CC.CN(O)c1ncc2cc(Br)c(OC3CCN(C(=O)OC(C)(C)C)CC3)cc2n1. The molecule has 0 spiro atoms. The van der Waals surface area contributed by atoms with Crippen molar-refractivity contribution in [3.8, 4) is 5.75 Å². The fraction of sp³-hybridized carbons (Fsp3) is 0.571. The number of amides is 1. The highest BCUT2D eigenvalue weighted by atomic mass is 79.9. The van der Waals surface area contributed by atoms with E-state index in [0.717, 1.165) is 27.8 Å². The van der Waals surface area contributed by atoms with Crippen LogP contribution in [0, 0.1) is 0 Å². The zero-order chi connectivity index (χ0) is 22.5. The molecule has 1 aromatic heterocycles. The molecule has 3 rings (SSSR count). The minimum Gasteiger partial charge on any atom is -0.489 e. The Balaban J connectivity index is 0.00000155. The molecule has 1 amide bonds. The second-order valence-corrected chi connectivity index (χ2v) is 8.67. The number of rotatable bonds is 3. The minimum absolute atomic E-state index is 0.00531. The highest BCUT2D eigenvalue weighted by Gasteiger charge is 2.28. The molecule has 1 fully saturated rings. The van der Waals surface area contributed by atoms with E-state index in [0.29, 0.717) is 24.4 Å². The number of fused-ring (bicyclic) bond motifs is 1. The van der Waals surface area contributed by atoms with Crippen LogP contribution in [0.4, 0.5) is 10.7 Å². The number of hydrogen-bond donors (Lipinski definition) is 1. The summed E-state index contributed by atoms with van der Waals surface area (Å²) in [5.41, 5.74) is 0.180. The molecule has 0 unspecified atom stereocenters. The van der Waals surface area contributed by atoms with Gasteiger partial charge in [-0.15, -0.1) is 0 Å². The van der Waals surface area contributed by atoms with E-state index in [4.69, 9.17) is 9.47 Å². The first kappa shape index (κ1) is 24.1. The van der Waals surface area contributed by atoms with E-state index in [1.165, 1.54) is 7.05 Å². The number of anilines is 1. The molecule has 0 radical (unpaired) electrons. The van der Waals surface area contributed by atoms with Crippen molar-refractivity contribution >= 4 is 38.9 Å². The van der Waals surface area contributed by atoms with Gasteiger partial charge in [0.2, 0.25) is 5.95 Å². The third kappa shape index (κ3) is 6.43. The lowest BCUT2D eigenvalue weighted by Crippen LogP contribution is -2.44. The maximum absolute atomic E-state index is 12.2. The smallest absolute Gasteiger partial charge is 0.410 e. The van der Waals surface area contributed by atoms with Crippen molar-refractivity contribution in [1.29, 1.82) is 0 Å². The molecule has 1 saturated heterocycles. The summed E-state index contributed by atoms with van der Waals surface area (Å²) in [4.78, 5) is 22.3. The maximum Gasteiger partial charge on any atom is 0.410 e. The number of piperidine rings is 1. The number of ether oxygens (including phenoxy) is 2. The average Bonchev–Trinajstić information content (AvgIpc) is 2.69. The van der Waals surface area contributed by atoms with Gasteiger partial charge in [0.1, 0.15) is 17.5 Å². The van der Waals surface area contributed by atoms with Crippen molar-refractivity contribution in [1.82, 2.24) is 14.9 Å². The van der Waals surface area contributed by atoms with Gasteiger partial charge in [0.15, 0.2) is 0 Å². The number of nitrogens with zero attached hydrogens (tertiary/aromatic N) is 4. The molecule has 9 heteroatoms. The van der Waals surface area contributed by atoms with Crippen LogP contribution >= 0.6 is 15.9 Å². The quantitative estimate of drug-likeness (QED) is 0.614. The fourth-order valence-electron chi connectivity index (χ4n) is 2.93. The molecular formula is C21H31BrN4O4. The summed E-state index contributed by atoms with van der Waals surface area (Å²) in [6.45, 7) is 10.8. The van der Waals surface area contributed by atoms with Crippen LogP contribution < -0.4 is 9.80 Å². The van der Waals surface area contributed by atoms with Crippen LogP contribution in [-0.2, 0) is 4.74 Å². The number of benzene rings is 1. The summed E-state index contributed by atoms with van der Waals surface area (Å²) in [7, 11) is 1.47. The first-order valence-corrected chi connectivity index (χ1v) is 10.9. The molecule has 1 aromatic carbocycles. The number of halogens is 1. The van der Waals surface area contributed by atoms with Gasteiger partial charge in [-0.05, 0) is 42.8 Å². The molecule has 1 aliphatic rings. The summed E-state index contributed by atoms with van der Waals surface area (Å²) >= 11 is 3.53. The van der Waals surface area contributed by atoms with E-state index in [2.05, 4.69) is 25.9 Å². The number of likely N-dealkylation sites (tertiary alicyclic amines) is 1. The van der Waals surface area contributed by atoms with Gasteiger partial charge >= 0.3 is 6.09 Å². The number of carbonyl (C=O) groups excluding carboxylic acids is 1. The van der Waals surface area contributed by atoms with E-state index < -0.39 is 5.60 Å². The van der Waals surface area contributed by atoms with Crippen LogP contribution in [0.1, 0.15) is 47.5 Å². The van der Waals surface area contributed by atoms with E-state index in [1.54, 1.807) is 11.1 Å². The summed E-state index contributed by atoms with van der Waals surface area (Å²) in [5, 5.41) is 11.2. The molecule has 0 atom stereocenters. The number of hydrogen-bond acceptors (Lipinski definition) is 7. The van der Waals surface area contributed by atoms with E-state index in [9.17, 15) is 10.0 Å². The molecule has 2 aromatic rings. The summed E-state index contributed by atoms with van der Waals surface area (Å²) in [5.74, 6) is 0.889. The van der Waals surface area contributed by atoms with Crippen molar-refractivity contribution in [3.63, 3.8) is 0 Å². The maximum atomic E-state index is 12.2. The van der Waals surface area contributed by atoms with Gasteiger partial charge in [0.05, 0.1) is 9.99 Å². The average molecular weight is 483 g/mol. The topological polar surface area (TPSA) is 88.0 Å². The van der Waals surface area contributed by atoms with Crippen LogP contribution in [0.3, 0.4) is 0 Å². The Morgan fingerprint density at radius 3 is 2.47 bits per heavy atom. The summed E-state index contributed by atoms with van der Waals surface area (Å²) in [6.07, 6.45) is 2.80. The Morgan fingerprint density at radius 2 is 1.90 bits per heavy atom. The van der Waals surface area contributed by atoms with Gasteiger partial charge in [-0.1, -0.05) is 13.8 Å². The Labute approximate surface area is 186 Å². The number of carbonyl (C=O) groups is 1.